The fourth-order valence-electron chi connectivity index (χ4n) is 2.94. The number of allylic oxidation sites excluding steroid dienone is 1. The zero-order valence-electron chi connectivity index (χ0n) is 15.6. The van der Waals surface area contributed by atoms with E-state index in [-0.39, 0.29) is 5.56 Å². The van der Waals surface area contributed by atoms with Gasteiger partial charge in [0.15, 0.2) is 0 Å². The van der Waals surface area contributed by atoms with E-state index in [1.54, 1.807) is 57.4 Å². The molecule has 3 nitrogen and oxygen atoms in total. The molecule has 1 unspecified atom stereocenters. The number of hydrogen-bond acceptors (Lipinski definition) is 3. The van der Waals surface area contributed by atoms with Crippen LogP contribution in [0.15, 0.2) is 54.9 Å². The number of halogens is 3. The average molecular weight is 375 g/mol. The number of hydrogen-bond donors (Lipinski definition) is 3. The SMILES string of the molecule is CNc1cc(/C=C/C(c2cc(C)cc(C)c2)C(F)(F)F)ccc1N/C=C/N. The van der Waals surface area contributed by atoms with E-state index >= 15 is 0 Å². The van der Waals surface area contributed by atoms with Crippen molar-refractivity contribution in [3.05, 3.63) is 77.1 Å². The summed E-state index contributed by atoms with van der Waals surface area (Å²) in [6.45, 7) is 3.60. The zero-order valence-corrected chi connectivity index (χ0v) is 15.6. The van der Waals surface area contributed by atoms with Gasteiger partial charge >= 0.3 is 6.18 Å². The van der Waals surface area contributed by atoms with Crippen LogP contribution in [0.4, 0.5) is 24.5 Å². The van der Waals surface area contributed by atoms with Crippen molar-refractivity contribution < 1.29 is 13.2 Å². The minimum atomic E-state index is -4.37. The normalized spacial score (nSPS) is 13.3. The standard InChI is InChI=1S/C21H24F3N3/c1-14-10-15(2)12-17(11-14)18(21(22,23)24)6-4-16-5-7-19(27-9-8-25)20(13-16)26-3/h4-13,18,26-27H,25H2,1-3H3/b6-4+,9-8+. The van der Waals surface area contributed by atoms with Crippen LogP contribution < -0.4 is 16.4 Å². The molecule has 0 aliphatic carbocycles. The van der Waals surface area contributed by atoms with E-state index in [0.717, 1.165) is 22.5 Å². The summed E-state index contributed by atoms with van der Waals surface area (Å²) in [6, 6.07) is 10.3. The molecule has 2 aromatic rings. The van der Waals surface area contributed by atoms with Crippen molar-refractivity contribution in [1.82, 2.24) is 0 Å². The van der Waals surface area contributed by atoms with Crippen LogP contribution in [0.1, 0.15) is 28.2 Å². The van der Waals surface area contributed by atoms with Crippen molar-refractivity contribution in [3.63, 3.8) is 0 Å². The van der Waals surface area contributed by atoms with Gasteiger partial charge in [-0.3, -0.25) is 0 Å². The number of nitrogens with two attached hydrogens (primary N) is 1. The first-order valence-electron chi connectivity index (χ1n) is 8.53. The second-order valence-electron chi connectivity index (χ2n) is 6.36. The van der Waals surface area contributed by atoms with Crippen LogP contribution >= 0.6 is 0 Å². The molecule has 1 atom stereocenters. The van der Waals surface area contributed by atoms with Gasteiger partial charge in [0.25, 0.3) is 0 Å². The molecule has 2 rings (SSSR count). The first-order valence-corrected chi connectivity index (χ1v) is 8.53. The number of benzene rings is 2. The Morgan fingerprint density at radius 2 is 1.67 bits per heavy atom. The summed E-state index contributed by atoms with van der Waals surface area (Å²) in [7, 11) is 1.74. The quantitative estimate of drug-likeness (QED) is 0.621. The second-order valence-corrected chi connectivity index (χ2v) is 6.36. The lowest BCUT2D eigenvalue weighted by Crippen LogP contribution is -2.19. The molecule has 144 valence electrons. The van der Waals surface area contributed by atoms with E-state index in [9.17, 15) is 13.2 Å². The molecule has 0 aliphatic heterocycles. The maximum absolute atomic E-state index is 13.6. The van der Waals surface area contributed by atoms with Crippen LogP contribution in [0.25, 0.3) is 6.08 Å². The van der Waals surface area contributed by atoms with Crippen LogP contribution in [0.3, 0.4) is 0 Å². The lowest BCUT2D eigenvalue weighted by molar-refractivity contribution is -0.139. The number of alkyl halides is 3. The maximum atomic E-state index is 13.6. The molecule has 0 amide bonds. The Morgan fingerprint density at radius 3 is 2.22 bits per heavy atom. The molecule has 4 N–H and O–H groups in total. The molecule has 2 aromatic carbocycles. The second kappa shape index (κ2) is 8.66. The van der Waals surface area contributed by atoms with Gasteiger partial charge in [0, 0.05) is 19.4 Å². The predicted octanol–water partition coefficient (Wildman–Crippen LogP) is 5.55. The van der Waals surface area contributed by atoms with Gasteiger partial charge in [-0.05, 0) is 37.1 Å². The van der Waals surface area contributed by atoms with Crippen molar-refractivity contribution in [3.8, 4) is 0 Å². The van der Waals surface area contributed by atoms with Gasteiger partial charge in [0.1, 0.15) is 0 Å². The van der Waals surface area contributed by atoms with Crippen LogP contribution in [-0.4, -0.2) is 13.2 Å². The van der Waals surface area contributed by atoms with Gasteiger partial charge in [-0.15, -0.1) is 0 Å². The largest absolute Gasteiger partial charge is 0.403 e. The molecular weight excluding hydrogens is 351 g/mol. The number of rotatable bonds is 6. The minimum Gasteiger partial charge on any atom is -0.403 e. The van der Waals surface area contributed by atoms with Crippen molar-refractivity contribution in [2.75, 3.05) is 17.7 Å². The van der Waals surface area contributed by atoms with Gasteiger partial charge < -0.3 is 16.4 Å². The molecule has 27 heavy (non-hydrogen) atoms. The Bertz CT molecular complexity index is 819. The molecule has 0 saturated heterocycles. The molecular formula is C21H24F3N3. The first-order chi connectivity index (χ1) is 12.7. The zero-order chi connectivity index (χ0) is 20.0. The Hall–Kier alpha value is -2.89. The Kier molecular flexibility index (Phi) is 6.55. The van der Waals surface area contributed by atoms with Crippen molar-refractivity contribution in [2.24, 2.45) is 5.73 Å². The third-order valence-electron chi connectivity index (χ3n) is 4.08. The smallest absolute Gasteiger partial charge is 0.399 e. The van der Waals surface area contributed by atoms with Crippen molar-refractivity contribution >= 4 is 17.5 Å². The number of aryl methyl sites for hydroxylation is 2. The average Bonchev–Trinajstić information content (AvgIpc) is 2.58. The fourth-order valence-corrected chi connectivity index (χ4v) is 2.94. The molecule has 0 heterocycles. The van der Waals surface area contributed by atoms with Gasteiger partial charge in [-0.1, -0.05) is 47.5 Å². The lowest BCUT2D eigenvalue weighted by atomic mass is 9.94. The highest BCUT2D eigenvalue weighted by Gasteiger charge is 2.39. The van der Waals surface area contributed by atoms with Crippen LogP contribution in [0.5, 0.6) is 0 Å². The molecule has 0 bridgehead atoms. The number of nitrogens with one attached hydrogen (secondary N) is 2. The predicted molar refractivity (Wildman–Crippen MR) is 107 cm³/mol. The minimum absolute atomic E-state index is 0.247. The highest BCUT2D eigenvalue weighted by atomic mass is 19.4. The van der Waals surface area contributed by atoms with Crippen LogP contribution in [-0.2, 0) is 0 Å². The van der Waals surface area contributed by atoms with Gasteiger partial charge in [0.05, 0.1) is 17.3 Å². The molecule has 0 aliphatic rings. The lowest BCUT2D eigenvalue weighted by Gasteiger charge is -2.18. The third kappa shape index (κ3) is 5.54. The van der Waals surface area contributed by atoms with Gasteiger partial charge in [-0.2, -0.15) is 13.2 Å². The summed E-state index contributed by atoms with van der Waals surface area (Å²) < 4.78 is 40.9. The molecule has 0 saturated carbocycles. The topological polar surface area (TPSA) is 50.1 Å². The van der Waals surface area contributed by atoms with Crippen LogP contribution in [0.2, 0.25) is 0 Å². The molecule has 6 heteroatoms. The van der Waals surface area contributed by atoms with E-state index in [2.05, 4.69) is 10.6 Å². The summed E-state index contributed by atoms with van der Waals surface area (Å²) in [5.74, 6) is -1.66. The fraction of sp³-hybridized carbons (Fsp3) is 0.238. The van der Waals surface area contributed by atoms with Crippen molar-refractivity contribution in [1.29, 1.82) is 0 Å². The number of anilines is 2. The monoisotopic (exact) mass is 375 g/mol. The van der Waals surface area contributed by atoms with Crippen molar-refractivity contribution in [2.45, 2.75) is 25.9 Å². The highest BCUT2D eigenvalue weighted by molar-refractivity contribution is 5.73. The molecule has 0 radical (unpaired) electrons. The van der Waals surface area contributed by atoms with Gasteiger partial charge in [-0.25, -0.2) is 0 Å². The van der Waals surface area contributed by atoms with Crippen LogP contribution in [0, 0.1) is 13.8 Å². The first kappa shape index (κ1) is 20.4. The third-order valence-corrected chi connectivity index (χ3v) is 4.08. The maximum Gasteiger partial charge on any atom is 0.399 e. The Balaban J connectivity index is 2.36. The summed E-state index contributed by atoms with van der Waals surface area (Å²) >= 11 is 0. The van der Waals surface area contributed by atoms with Gasteiger partial charge in [0.2, 0.25) is 0 Å². The van der Waals surface area contributed by atoms with E-state index in [1.807, 2.05) is 6.07 Å². The summed E-state index contributed by atoms with van der Waals surface area (Å²) in [6.07, 6.45) is 1.28. The van der Waals surface area contributed by atoms with E-state index < -0.39 is 12.1 Å². The highest BCUT2D eigenvalue weighted by Crippen LogP contribution is 2.37. The summed E-state index contributed by atoms with van der Waals surface area (Å²) in [5, 5.41) is 6.01. The summed E-state index contributed by atoms with van der Waals surface area (Å²) in [5.41, 5.74) is 9.39. The van der Waals surface area contributed by atoms with E-state index in [1.165, 1.54) is 18.4 Å². The van der Waals surface area contributed by atoms with E-state index in [4.69, 9.17) is 5.73 Å². The Morgan fingerprint density at radius 1 is 1.00 bits per heavy atom. The summed E-state index contributed by atoms with van der Waals surface area (Å²) in [4.78, 5) is 0. The molecule has 0 fully saturated rings. The Labute approximate surface area is 157 Å². The van der Waals surface area contributed by atoms with E-state index in [0.29, 0.717) is 5.56 Å². The molecule has 0 spiro atoms. The molecule has 0 aromatic heterocycles.